The summed E-state index contributed by atoms with van der Waals surface area (Å²) in [4.78, 5) is 32.8. The normalized spacial score (nSPS) is 14.6. The molecule has 0 radical (unpaired) electrons. The Labute approximate surface area is 235 Å². The van der Waals surface area contributed by atoms with Crippen LogP contribution in [-0.4, -0.2) is 45.8 Å². The Morgan fingerprint density at radius 1 is 1.15 bits per heavy atom. The molecule has 0 unspecified atom stereocenters. The summed E-state index contributed by atoms with van der Waals surface area (Å²) >= 11 is 7.85. The number of H-pyrrole nitrogens is 1. The highest BCUT2D eigenvalue weighted by molar-refractivity contribution is 7.17. The van der Waals surface area contributed by atoms with Crippen LogP contribution in [-0.2, 0) is 17.6 Å². The second-order valence-electron chi connectivity index (χ2n) is 9.64. The van der Waals surface area contributed by atoms with Gasteiger partial charge in [0.1, 0.15) is 12.2 Å². The average molecular weight is 570 g/mol. The van der Waals surface area contributed by atoms with E-state index in [0.29, 0.717) is 17.3 Å². The van der Waals surface area contributed by atoms with E-state index in [2.05, 4.69) is 25.5 Å². The minimum atomic E-state index is -0.857. The number of aryl methyl sites for hydroxylation is 1. The predicted octanol–water partition coefficient (Wildman–Crippen LogP) is 4.91. The molecule has 1 aliphatic heterocycles. The molecule has 0 spiro atoms. The monoisotopic (exact) mass is 569 g/mol. The maximum Gasteiger partial charge on any atom is 0.307 e. The van der Waals surface area contributed by atoms with E-state index in [4.69, 9.17) is 11.6 Å². The lowest BCUT2D eigenvalue weighted by Crippen LogP contribution is -2.23. The number of halogens is 1. The number of imidazole rings is 1. The van der Waals surface area contributed by atoms with E-state index >= 15 is 0 Å². The zero-order valence-electron chi connectivity index (χ0n) is 20.8. The summed E-state index contributed by atoms with van der Waals surface area (Å²) in [6.45, 7) is 0. The first kappa shape index (κ1) is 24.4. The minimum Gasteiger partial charge on any atom is -0.481 e. The summed E-state index contributed by atoms with van der Waals surface area (Å²) in [5, 5.41) is 24.1. The number of hydrogen-bond acceptors (Lipinski definition) is 7. The van der Waals surface area contributed by atoms with Gasteiger partial charge in [0, 0.05) is 32.6 Å². The molecule has 2 N–H and O–H groups in total. The zero-order chi connectivity index (χ0) is 27.4. The van der Waals surface area contributed by atoms with Gasteiger partial charge in [0.05, 0.1) is 30.0 Å². The van der Waals surface area contributed by atoms with Crippen LogP contribution in [0.2, 0.25) is 5.02 Å². The number of tetrazole rings is 1. The van der Waals surface area contributed by atoms with Crippen molar-refractivity contribution in [2.24, 2.45) is 0 Å². The van der Waals surface area contributed by atoms with Crippen LogP contribution in [0.1, 0.15) is 29.5 Å². The Kier molecular flexibility index (Phi) is 5.83. The van der Waals surface area contributed by atoms with Crippen molar-refractivity contribution in [3.63, 3.8) is 0 Å². The standard InChI is InChI=1S/C28H20ClN7O3S/c29-18-2-4-23(35-14-31-33-34-35)20(11-18)16-7-19-3-5-24(36(19)26(37)9-16)28-30-12-22(32-28)15-1-6-25-21(8-15)17(13-40-25)10-27(38)39/h1-2,4,6-9,11-14,24H,3,5,10H2,(H,30,32)(H,38,39)/t24-/m0/s1. The van der Waals surface area contributed by atoms with E-state index in [1.807, 2.05) is 41.8 Å². The van der Waals surface area contributed by atoms with Crippen molar-refractivity contribution in [2.75, 3.05) is 0 Å². The molecule has 0 aliphatic carbocycles. The first-order valence-corrected chi connectivity index (χ1v) is 13.8. The number of nitrogens with one attached hydrogen (secondary N) is 1. The number of pyridine rings is 1. The Balaban J connectivity index is 1.23. The van der Waals surface area contributed by atoms with Crippen LogP contribution < -0.4 is 5.56 Å². The van der Waals surface area contributed by atoms with E-state index in [-0.39, 0.29) is 18.0 Å². The number of aromatic nitrogens is 7. The van der Waals surface area contributed by atoms with Gasteiger partial charge in [-0.3, -0.25) is 9.59 Å². The number of carboxylic acids is 1. The molecule has 6 aromatic rings. The van der Waals surface area contributed by atoms with Crippen LogP contribution >= 0.6 is 22.9 Å². The SMILES string of the molecule is O=C(O)Cc1csc2ccc(-c3cnc([C@@H]4CCc5cc(-c6cc(Cl)ccc6-n6cnnn6)cc(=O)n54)[nH]3)cc12. The summed E-state index contributed by atoms with van der Waals surface area (Å²) in [5.41, 5.74) is 5.52. The van der Waals surface area contributed by atoms with Crippen molar-refractivity contribution in [1.29, 1.82) is 0 Å². The van der Waals surface area contributed by atoms with E-state index < -0.39 is 5.97 Å². The number of aromatic amines is 1. The molecule has 198 valence electrons. The van der Waals surface area contributed by atoms with Gasteiger partial charge in [0.15, 0.2) is 0 Å². The molecule has 10 nitrogen and oxygen atoms in total. The molecule has 0 bridgehead atoms. The smallest absolute Gasteiger partial charge is 0.307 e. The largest absolute Gasteiger partial charge is 0.481 e. The highest BCUT2D eigenvalue weighted by Crippen LogP contribution is 2.35. The number of rotatable bonds is 6. The number of thiophene rings is 1. The molecule has 4 aromatic heterocycles. The highest BCUT2D eigenvalue weighted by Gasteiger charge is 2.28. The van der Waals surface area contributed by atoms with Crippen LogP contribution in [0, 0.1) is 0 Å². The van der Waals surface area contributed by atoms with Crippen LogP contribution in [0.15, 0.2) is 71.2 Å². The second kappa shape index (κ2) is 9.54. The summed E-state index contributed by atoms with van der Waals surface area (Å²) in [6, 6.07) is 14.8. The number of hydrogen-bond donors (Lipinski definition) is 2. The quantitative estimate of drug-likeness (QED) is 0.291. The van der Waals surface area contributed by atoms with Crippen molar-refractivity contribution < 1.29 is 9.90 Å². The van der Waals surface area contributed by atoms with Crippen molar-refractivity contribution in [2.45, 2.75) is 25.3 Å². The molecule has 40 heavy (non-hydrogen) atoms. The molecule has 0 fully saturated rings. The van der Waals surface area contributed by atoms with E-state index in [1.165, 1.54) is 17.7 Å². The van der Waals surface area contributed by atoms with Gasteiger partial charge in [-0.2, -0.15) is 4.68 Å². The Morgan fingerprint density at radius 3 is 2.88 bits per heavy atom. The molecule has 0 saturated carbocycles. The van der Waals surface area contributed by atoms with Crippen molar-refractivity contribution in [3.05, 3.63) is 98.9 Å². The van der Waals surface area contributed by atoms with Gasteiger partial charge in [-0.1, -0.05) is 17.7 Å². The average Bonchev–Trinajstić information content (AvgIpc) is 3.75. The van der Waals surface area contributed by atoms with Crippen LogP contribution in [0.25, 0.3) is 38.2 Å². The van der Waals surface area contributed by atoms with Crippen molar-refractivity contribution in [1.82, 2.24) is 34.7 Å². The van der Waals surface area contributed by atoms with Crippen molar-refractivity contribution in [3.8, 4) is 28.1 Å². The lowest BCUT2D eigenvalue weighted by Gasteiger charge is -2.15. The van der Waals surface area contributed by atoms with Gasteiger partial charge in [-0.25, -0.2) is 4.98 Å². The molecule has 12 heteroatoms. The molecular formula is C28H20ClN7O3S. The third kappa shape index (κ3) is 4.19. The lowest BCUT2D eigenvalue weighted by atomic mass is 10.0. The molecular weight excluding hydrogens is 550 g/mol. The van der Waals surface area contributed by atoms with Gasteiger partial charge in [-0.15, -0.1) is 16.4 Å². The van der Waals surface area contributed by atoms with E-state index in [1.54, 1.807) is 27.6 Å². The van der Waals surface area contributed by atoms with Gasteiger partial charge in [0.2, 0.25) is 0 Å². The van der Waals surface area contributed by atoms with Crippen LogP contribution in [0.5, 0.6) is 0 Å². The topological polar surface area (TPSA) is 132 Å². The molecule has 1 atom stereocenters. The molecule has 2 aromatic carbocycles. The summed E-state index contributed by atoms with van der Waals surface area (Å²) in [7, 11) is 0. The maximum atomic E-state index is 13.5. The molecule has 1 aliphatic rings. The van der Waals surface area contributed by atoms with E-state index in [0.717, 1.165) is 55.8 Å². The number of aliphatic carboxylic acids is 1. The molecule has 0 amide bonds. The van der Waals surface area contributed by atoms with Gasteiger partial charge >= 0.3 is 5.97 Å². The fourth-order valence-electron chi connectivity index (χ4n) is 5.42. The van der Waals surface area contributed by atoms with Crippen molar-refractivity contribution >= 4 is 39.0 Å². The van der Waals surface area contributed by atoms with Crippen LogP contribution in [0.4, 0.5) is 0 Å². The Hall–Kier alpha value is -4.61. The summed E-state index contributed by atoms with van der Waals surface area (Å²) < 4.78 is 4.37. The number of carbonyl (C=O) groups is 1. The summed E-state index contributed by atoms with van der Waals surface area (Å²) in [6.07, 6.45) is 4.69. The molecule has 7 rings (SSSR count). The second-order valence-corrected chi connectivity index (χ2v) is 11.0. The Morgan fingerprint density at radius 2 is 2.05 bits per heavy atom. The fourth-order valence-corrected chi connectivity index (χ4v) is 6.54. The number of benzene rings is 2. The minimum absolute atomic E-state index is 0.0200. The molecule has 0 saturated heterocycles. The van der Waals surface area contributed by atoms with Gasteiger partial charge < -0.3 is 14.7 Å². The third-order valence-electron chi connectivity index (χ3n) is 7.22. The zero-order valence-corrected chi connectivity index (χ0v) is 22.4. The van der Waals surface area contributed by atoms with E-state index in [9.17, 15) is 14.7 Å². The van der Waals surface area contributed by atoms with Crippen LogP contribution in [0.3, 0.4) is 0 Å². The van der Waals surface area contributed by atoms with Gasteiger partial charge in [0.25, 0.3) is 5.56 Å². The number of nitrogens with zero attached hydrogens (tertiary/aromatic N) is 6. The maximum absolute atomic E-state index is 13.5. The fraction of sp³-hybridized carbons (Fsp3) is 0.143. The molecule has 5 heterocycles. The number of fused-ring (bicyclic) bond motifs is 2. The number of carboxylic acid groups (broad SMARTS) is 1. The predicted molar refractivity (Wildman–Crippen MR) is 151 cm³/mol. The third-order valence-corrected chi connectivity index (χ3v) is 8.46. The Bertz CT molecular complexity index is 1980. The first-order valence-electron chi connectivity index (χ1n) is 12.5. The van der Waals surface area contributed by atoms with Gasteiger partial charge in [-0.05, 0) is 81.6 Å². The summed E-state index contributed by atoms with van der Waals surface area (Å²) in [5.74, 6) is -0.152. The lowest BCUT2D eigenvalue weighted by molar-refractivity contribution is -0.136. The first-order chi connectivity index (χ1) is 19.4. The highest BCUT2D eigenvalue weighted by atomic mass is 35.5.